The highest BCUT2D eigenvalue weighted by Gasteiger charge is 2.16. The minimum Gasteiger partial charge on any atom is -0.0616 e. The first kappa shape index (κ1) is 8.71. The van der Waals surface area contributed by atoms with E-state index < -0.39 is 0 Å². The van der Waals surface area contributed by atoms with Crippen LogP contribution in [0.15, 0.2) is 60.7 Å². The van der Waals surface area contributed by atoms with Crippen molar-refractivity contribution < 1.29 is 0 Å². The van der Waals surface area contributed by atoms with Gasteiger partial charge in [0.15, 0.2) is 0 Å². The molecule has 0 bridgehead atoms. The van der Waals surface area contributed by atoms with E-state index in [-0.39, 0.29) is 0 Å². The van der Waals surface area contributed by atoms with Crippen LogP contribution >= 0.6 is 0 Å². The van der Waals surface area contributed by atoms with Gasteiger partial charge in [-0.05, 0) is 49.5 Å². The lowest BCUT2D eigenvalue weighted by Gasteiger charge is -2.12. The van der Waals surface area contributed by atoms with Gasteiger partial charge in [-0.15, -0.1) is 0 Å². The molecule has 0 heterocycles. The Kier molecular flexibility index (Phi) is 1.32. The van der Waals surface area contributed by atoms with Crippen LogP contribution in [0, 0.1) is 0 Å². The fourth-order valence-corrected chi connectivity index (χ4v) is 3.35. The molecule has 0 aromatic heterocycles. The molecular formula is C18H10. The quantitative estimate of drug-likeness (QED) is 0.343. The maximum atomic E-state index is 2.33. The van der Waals surface area contributed by atoms with E-state index in [1.54, 1.807) is 0 Å². The topological polar surface area (TPSA) is 0 Å². The van der Waals surface area contributed by atoms with Crippen LogP contribution in [-0.4, -0.2) is 0 Å². The molecule has 0 radical (unpaired) electrons. The predicted octanol–water partition coefficient (Wildman–Crippen LogP) is 5.13. The van der Waals surface area contributed by atoms with Gasteiger partial charge in [-0.25, -0.2) is 0 Å². The number of fused-ring (bicyclic) bond motifs is 8. The summed E-state index contributed by atoms with van der Waals surface area (Å²) in [6, 6.07) is 22.1. The Morgan fingerprint density at radius 3 is 2.22 bits per heavy atom. The zero-order valence-corrected chi connectivity index (χ0v) is 9.77. The first-order valence-electron chi connectivity index (χ1n) is 6.31. The molecule has 0 spiro atoms. The summed E-state index contributed by atoms with van der Waals surface area (Å²) in [4.78, 5) is 0. The number of benzene rings is 2. The highest BCUT2D eigenvalue weighted by atomic mass is 14.2. The fraction of sp³-hybridized carbons (Fsp3) is 0. The van der Waals surface area contributed by atoms with Crippen LogP contribution in [0.1, 0.15) is 0 Å². The zero-order valence-electron chi connectivity index (χ0n) is 9.77. The standard InChI is InChI=1S/C18H10/c1-2-6-15-13(5-1)16-9-8-14-12-7-3-4-11(12)10-17(14)18(15)16/h1-10H. The van der Waals surface area contributed by atoms with Crippen LogP contribution in [0.5, 0.6) is 0 Å². The van der Waals surface area contributed by atoms with E-state index in [9.17, 15) is 0 Å². The molecule has 2 aliphatic rings. The summed E-state index contributed by atoms with van der Waals surface area (Å²) >= 11 is 0. The second kappa shape index (κ2) is 2.73. The van der Waals surface area contributed by atoms with Gasteiger partial charge in [0.2, 0.25) is 0 Å². The summed E-state index contributed by atoms with van der Waals surface area (Å²) in [6.45, 7) is 0. The fourth-order valence-electron chi connectivity index (χ4n) is 3.35. The average molecular weight is 226 g/mol. The minimum absolute atomic E-state index is 1.36. The third-order valence-electron chi connectivity index (χ3n) is 4.17. The van der Waals surface area contributed by atoms with E-state index in [0.29, 0.717) is 0 Å². The molecule has 0 saturated carbocycles. The van der Waals surface area contributed by atoms with Crippen LogP contribution < -0.4 is 0 Å². The van der Waals surface area contributed by atoms with Gasteiger partial charge < -0.3 is 0 Å². The van der Waals surface area contributed by atoms with Crippen LogP contribution in [-0.2, 0) is 0 Å². The molecule has 82 valence electrons. The Labute approximate surface area is 104 Å². The summed E-state index contributed by atoms with van der Waals surface area (Å²) in [7, 11) is 0. The van der Waals surface area contributed by atoms with Gasteiger partial charge in [-0.1, -0.05) is 54.6 Å². The second-order valence-electron chi connectivity index (χ2n) is 5.03. The third kappa shape index (κ3) is 0.820. The Hall–Kier alpha value is -2.34. The van der Waals surface area contributed by atoms with Gasteiger partial charge in [-0.2, -0.15) is 0 Å². The summed E-state index contributed by atoms with van der Waals surface area (Å²) in [5, 5.41) is 8.46. The summed E-state index contributed by atoms with van der Waals surface area (Å²) < 4.78 is 0. The molecule has 0 atom stereocenters. The third-order valence-corrected chi connectivity index (χ3v) is 4.17. The van der Waals surface area contributed by atoms with Crippen molar-refractivity contribution in [3.8, 4) is 11.1 Å². The smallest absolute Gasteiger partial charge is 0.00199 e. The van der Waals surface area contributed by atoms with Crippen molar-refractivity contribution in [1.29, 1.82) is 0 Å². The largest absolute Gasteiger partial charge is 0.0616 e. The van der Waals surface area contributed by atoms with Crippen molar-refractivity contribution in [3.05, 3.63) is 60.7 Å². The number of hydrogen-bond acceptors (Lipinski definition) is 0. The number of hydrogen-bond donors (Lipinski definition) is 0. The van der Waals surface area contributed by atoms with Gasteiger partial charge in [0.1, 0.15) is 0 Å². The van der Waals surface area contributed by atoms with E-state index in [2.05, 4.69) is 60.7 Å². The first-order valence-corrected chi connectivity index (χ1v) is 6.31. The Bertz CT molecular complexity index is 947. The molecule has 0 fully saturated rings. The normalized spacial score (nSPS) is 12.4. The molecular weight excluding hydrogens is 216 g/mol. The number of rotatable bonds is 0. The van der Waals surface area contributed by atoms with Gasteiger partial charge >= 0.3 is 0 Å². The van der Waals surface area contributed by atoms with Gasteiger partial charge in [0.25, 0.3) is 0 Å². The van der Waals surface area contributed by atoms with Crippen LogP contribution in [0.3, 0.4) is 0 Å². The van der Waals surface area contributed by atoms with Crippen LogP contribution in [0.2, 0.25) is 0 Å². The lowest BCUT2D eigenvalue weighted by molar-refractivity contribution is 1.81. The van der Waals surface area contributed by atoms with Crippen molar-refractivity contribution in [3.63, 3.8) is 0 Å². The molecule has 3 aromatic rings. The summed E-state index contributed by atoms with van der Waals surface area (Å²) in [5.74, 6) is 0. The lowest BCUT2D eigenvalue weighted by Crippen LogP contribution is -1.84. The average Bonchev–Trinajstić information content (AvgIpc) is 2.94. The molecule has 0 aliphatic heterocycles. The minimum atomic E-state index is 1.36. The molecule has 0 N–H and O–H groups in total. The zero-order chi connectivity index (χ0) is 11.7. The van der Waals surface area contributed by atoms with Crippen molar-refractivity contribution in [2.24, 2.45) is 0 Å². The Morgan fingerprint density at radius 2 is 1.28 bits per heavy atom. The molecule has 0 saturated heterocycles. The molecule has 0 heteroatoms. The molecule has 0 amide bonds. The highest BCUT2D eigenvalue weighted by Crippen LogP contribution is 2.44. The summed E-state index contributed by atoms with van der Waals surface area (Å²) in [5.41, 5.74) is 2.75. The van der Waals surface area contributed by atoms with Crippen molar-refractivity contribution in [1.82, 2.24) is 0 Å². The highest BCUT2D eigenvalue weighted by molar-refractivity contribution is 6.34. The Balaban J connectivity index is 2.10. The van der Waals surface area contributed by atoms with E-state index in [0.717, 1.165) is 0 Å². The second-order valence-corrected chi connectivity index (χ2v) is 5.03. The SMILES string of the molecule is c1cc2cc3c(ccc4c5ccccc5c34)c-2c1. The molecule has 3 aromatic carbocycles. The van der Waals surface area contributed by atoms with Crippen LogP contribution in [0.4, 0.5) is 0 Å². The molecule has 0 unspecified atom stereocenters. The molecule has 18 heavy (non-hydrogen) atoms. The molecule has 2 aliphatic carbocycles. The van der Waals surface area contributed by atoms with E-state index in [4.69, 9.17) is 0 Å². The Morgan fingerprint density at radius 1 is 0.500 bits per heavy atom. The van der Waals surface area contributed by atoms with Crippen molar-refractivity contribution >= 4 is 32.3 Å². The molecule has 5 rings (SSSR count). The van der Waals surface area contributed by atoms with Crippen molar-refractivity contribution in [2.75, 3.05) is 0 Å². The van der Waals surface area contributed by atoms with Gasteiger partial charge in [-0.3, -0.25) is 0 Å². The first-order chi connectivity index (χ1) is 8.93. The predicted molar refractivity (Wildman–Crippen MR) is 78.0 cm³/mol. The summed E-state index contributed by atoms with van der Waals surface area (Å²) in [6.07, 6.45) is 0. The van der Waals surface area contributed by atoms with E-state index in [1.807, 2.05) is 0 Å². The van der Waals surface area contributed by atoms with E-state index >= 15 is 0 Å². The van der Waals surface area contributed by atoms with E-state index in [1.165, 1.54) is 43.4 Å². The lowest BCUT2D eigenvalue weighted by atomic mass is 9.91. The van der Waals surface area contributed by atoms with Crippen molar-refractivity contribution in [2.45, 2.75) is 0 Å². The van der Waals surface area contributed by atoms with Gasteiger partial charge in [0.05, 0.1) is 0 Å². The molecule has 0 nitrogen and oxygen atoms in total. The van der Waals surface area contributed by atoms with Crippen LogP contribution in [0.25, 0.3) is 43.4 Å². The maximum Gasteiger partial charge on any atom is -0.00199 e. The maximum absolute atomic E-state index is 2.33. The monoisotopic (exact) mass is 226 g/mol. The van der Waals surface area contributed by atoms with Gasteiger partial charge in [0, 0.05) is 0 Å².